The Morgan fingerprint density at radius 1 is 1.35 bits per heavy atom. The van der Waals surface area contributed by atoms with Crippen LogP contribution >= 0.6 is 24.0 Å². The minimum absolute atomic E-state index is 0.109. The number of rotatable bonds is 3. The quantitative estimate of drug-likeness (QED) is 0.644. The van der Waals surface area contributed by atoms with Crippen molar-refractivity contribution >= 4 is 40.3 Å². The molecule has 3 rings (SSSR count). The van der Waals surface area contributed by atoms with Crippen LogP contribution < -0.4 is 0 Å². The lowest BCUT2D eigenvalue weighted by molar-refractivity contribution is -0.122. The van der Waals surface area contributed by atoms with Gasteiger partial charge in [0.25, 0.3) is 5.91 Å². The first kappa shape index (κ1) is 13.1. The van der Waals surface area contributed by atoms with Crippen LogP contribution in [0.25, 0.3) is 6.08 Å². The van der Waals surface area contributed by atoms with E-state index in [0.29, 0.717) is 21.5 Å². The van der Waals surface area contributed by atoms with Gasteiger partial charge in [0.2, 0.25) is 0 Å². The van der Waals surface area contributed by atoms with Gasteiger partial charge in [-0.05, 0) is 30.3 Å². The Bertz CT molecular complexity index is 666. The fourth-order valence-electron chi connectivity index (χ4n) is 1.79. The number of amides is 1. The van der Waals surface area contributed by atoms with Gasteiger partial charge in [0.15, 0.2) is 0 Å². The molecule has 1 fully saturated rings. The lowest BCUT2D eigenvalue weighted by Gasteiger charge is -2.11. The molecular formula is C14H10N2O2S2. The van der Waals surface area contributed by atoms with Crippen LogP contribution in [-0.2, 0) is 11.3 Å². The highest BCUT2D eigenvalue weighted by Gasteiger charge is 2.32. The highest BCUT2D eigenvalue weighted by molar-refractivity contribution is 8.26. The monoisotopic (exact) mass is 302 g/mol. The van der Waals surface area contributed by atoms with Gasteiger partial charge in [-0.1, -0.05) is 30.0 Å². The van der Waals surface area contributed by atoms with Crippen LogP contribution in [0.5, 0.6) is 0 Å². The Hall–Kier alpha value is -1.92. The van der Waals surface area contributed by atoms with Crippen molar-refractivity contribution in [3.63, 3.8) is 0 Å². The standard InChI is InChI=1S/C14H10N2O2S2/c17-13-12(8-10-4-1-2-6-15-10)20-14(19)16(13)9-11-5-3-7-18-11/h1-8H,9H2/b12-8-. The Morgan fingerprint density at radius 2 is 2.25 bits per heavy atom. The Morgan fingerprint density at radius 3 is 2.95 bits per heavy atom. The SMILES string of the molecule is O=C1/C(=C/c2ccccn2)SC(=S)N1Cc1ccco1. The normalized spacial score (nSPS) is 17.2. The van der Waals surface area contributed by atoms with Gasteiger partial charge < -0.3 is 4.42 Å². The Labute approximate surface area is 125 Å². The Kier molecular flexibility index (Phi) is 3.66. The van der Waals surface area contributed by atoms with E-state index in [9.17, 15) is 4.79 Å². The van der Waals surface area contributed by atoms with E-state index in [0.717, 1.165) is 5.69 Å². The van der Waals surface area contributed by atoms with Crippen LogP contribution in [0.15, 0.2) is 52.1 Å². The summed E-state index contributed by atoms with van der Waals surface area (Å²) in [5.41, 5.74) is 0.742. The van der Waals surface area contributed by atoms with Crippen molar-refractivity contribution in [2.75, 3.05) is 0 Å². The van der Waals surface area contributed by atoms with E-state index >= 15 is 0 Å². The highest BCUT2D eigenvalue weighted by Crippen LogP contribution is 2.33. The third kappa shape index (κ3) is 2.66. The fraction of sp³-hybridized carbons (Fsp3) is 0.0714. The van der Waals surface area contributed by atoms with Crippen LogP contribution in [0.2, 0.25) is 0 Å². The minimum Gasteiger partial charge on any atom is -0.467 e. The lowest BCUT2D eigenvalue weighted by Crippen LogP contribution is -2.27. The minimum atomic E-state index is -0.109. The molecule has 0 atom stereocenters. The summed E-state index contributed by atoms with van der Waals surface area (Å²) < 4.78 is 5.79. The molecule has 4 nitrogen and oxygen atoms in total. The summed E-state index contributed by atoms with van der Waals surface area (Å²) in [5, 5.41) is 0. The van der Waals surface area contributed by atoms with E-state index < -0.39 is 0 Å². The second kappa shape index (κ2) is 5.60. The van der Waals surface area contributed by atoms with Gasteiger partial charge in [0.05, 0.1) is 23.4 Å². The zero-order valence-electron chi connectivity index (χ0n) is 10.4. The van der Waals surface area contributed by atoms with Gasteiger partial charge in [0, 0.05) is 6.20 Å². The summed E-state index contributed by atoms with van der Waals surface area (Å²) in [6.07, 6.45) is 5.02. The number of pyridine rings is 1. The number of hydrogen-bond acceptors (Lipinski definition) is 5. The van der Waals surface area contributed by atoms with Crippen LogP contribution in [0.1, 0.15) is 11.5 Å². The molecule has 0 aromatic carbocycles. The first-order valence-electron chi connectivity index (χ1n) is 5.93. The Balaban J connectivity index is 1.82. The smallest absolute Gasteiger partial charge is 0.266 e. The highest BCUT2D eigenvalue weighted by atomic mass is 32.2. The van der Waals surface area contributed by atoms with Crippen molar-refractivity contribution in [1.82, 2.24) is 9.88 Å². The molecule has 0 unspecified atom stereocenters. The van der Waals surface area contributed by atoms with Gasteiger partial charge in [-0.15, -0.1) is 0 Å². The van der Waals surface area contributed by atoms with Crippen LogP contribution in [0, 0.1) is 0 Å². The first-order valence-corrected chi connectivity index (χ1v) is 7.15. The molecule has 0 aliphatic carbocycles. The molecule has 3 heterocycles. The van der Waals surface area contributed by atoms with Gasteiger partial charge in [-0.3, -0.25) is 14.7 Å². The molecule has 0 radical (unpaired) electrons. The number of aromatic nitrogens is 1. The first-order chi connectivity index (χ1) is 9.74. The maximum atomic E-state index is 12.3. The number of carbonyl (C=O) groups is 1. The van der Waals surface area contributed by atoms with E-state index in [1.54, 1.807) is 24.6 Å². The molecule has 0 spiro atoms. The number of thioether (sulfide) groups is 1. The fourth-order valence-corrected chi connectivity index (χ4v) is 3.03. The van der Waals surface area contributed by atoms with E-state index in [2.05, 4.69) is 4.98 Å². The molecule has 1 saturated heterocycles. The van der Waals surface area contributed by atoms with Crippen molar-refractivity contribution < 1.29 is 9.21 Å². The average Bonchev–Trinajstić information content (AvgIpc) is 3.05. The third-order valence-electron chi connectivity index (χ3n) is 2.73. The predicted octanol–water partition coefficient (Wildman–Crippen LogP) is 3.08. The molecule has 2 aromatic rings. The van der Waals surface area contributed by atoms with Crippen LogP contribution in [-0.4, -0.2) is 20.1 Å². The zero-order valence-corrected chi connectivity index (χ0v) is 12.0. The van der Waals surface area contributed by atoms with Crippen molar-refractivity contribution in [1.29, 1.82) is 0 Å². The summed E-state index contributed by atoms with van der Waals surface area (Å²) in [5.74, 6) is 0.599. The largest absolute Gasteiger partial charge is 0.467 e. The van der Waals surface area contributed by atoms with Gasteiger partial charge in [0.1, 0.15) is 10.1 Å². The number of furan rings is 1. The van der Waals surface area contributed by atoms with Gasteiger partial charge in [-0.25, -0.2) is 0 Å². The van der Waals surface area contributed by atoms with Crippen LogP contribution in [0.4, 0.5) is 0 Å². The topological polar surface area (TPSA) is 46.3 Å². The summed E-state index contributed by atoms with van der Waals surface area (Å²) in [7, 11) is 0. The van der Waals surface area contributed by atoms with Crippen molar-refractivity contribution in [3.05, 3.63) is 59.2 Å². The third-order valence-corrected chi connectivity index (χ3v) is 4.11. The van der Waals surface area contributed by atoms with E-state index in [1.807, 2.05) is 24.3 Å². The van der Waals surface area contributed by atoms with Crippen molar-refractivity contribution in [2.45, 2.75) is 6.54 Å². The van der Waals surface area contributed by atoms with E-state index in [1.165, 1.54) is 16.7 Å². The summed E-state index contributed by atoms with van der Waals surface area (Å²) in [4.78, 5) is 18.6. The maximum Gasteiger partial charge on any atom is 0.266 e. The molecule has 2 aromatic heterocycles. The number of hydrogen-bond donors (Lipinski definition) is 0. The molecule has 20 heavy (non-hydrogen) atoms. The predicted molar refractivity (Wildman–Crippen MR) is 81.7 cm³/mol. The maximum absolute atomic E-state index is 12.3. The summed E-state index contributed by atoms with van der Waals surface area (Å²) in [6, 6.07) is 9.17. The number of thiocarbonyl (C=S) groups is 1. The summed E-state index contributed by atoms with van der Waals surface area (Å²) >= 11 is 6.53. The molecule has 0 saturated carbocycles. The zero-order chi connectivity index (χ0) is 13.9. The second-order valence-electron chi connectivity index (χ2n) is 4.10. The molecule has 1 aliphatic rings. The van der Waals surface area contributed by atoms with Crippen LogP contribution in [0.3, 0.4) is 0 Å². The van der Waals surface area contributed by atoms with Crippen molar-refractivity contribution in [3.8, 4) is 0 Å². The molecule has 0 bridgehead atoms. The molecule has 0 N–H and O–H groups in total. The van der Waals surface area contributed by atoms with E-state index in [4.69, 9.17) is 16.6 Å². The second-order valence-corrected chi connectivity index (χ2v) is 5.78. The van der Waals surface area contributed by atoms with E-state index in [-0.39, 0.29) is 5.91 Å². The summed E-state index contributed by atoms with van der Waals surface area (Å²) in [6.45, 7) is 0.358. The molecule has 100 valence electrons. The molecule has 1 aliphatic heterocycles. The molecule has 1 amide bonds. The molecule has 6 heteroatoms. The van der Waals surface area contributed by atoms with Crippen molar-refractivity contribution in [2.24, 2.45) is 0 Å². The van der Waals surface area contributed by atoms with Gasteiger partial charge >= 0.3 is 0 Å². The average molecular weight is 302 g/mol. The lowest BCUT2D eigenvalue weighted by atomic mass is 10.3. The number of nitrogens with zero attached hydrogens (tertiary/aromatic N) is 2. The number of carbonyl (C=O) groups excluding carboxylic acids is 1. The molecular weight excluding hydrogens is 292 g/mol. The van der Waals surface area contributed by atoms with Gasteiger partial charge in [-0.2, -0.15) is 0 Å².